The van der Waals surface area contributed by atoms with Crippen LogP contribution in [0, 0.1) is 17.1 Å². The van der Waals surface area contributed by atoms with Crippen molar-refractivity contribution in [2.24, 2.45) is 0 Å². The number of benzene rings is 1. The summed E-state index contributed by atoms with van der Waals surface area (Å²) in [6.45, 7) is 4.00. The summed E-state index contributed by atoms with van der Waals surface area (Å²) in [6, 6.07) is 8.35. The van der Waals surface area contributed by atoms with Crippen LogP contribution in [0.25, 0.3) is 0 Å². The first-order chi connectivity index (χ1) is 9.69. The first-order valence-electron chi connectivity index (χ1n) is 6.41. The van der Waals surface area contributed by atoms with Crippen LogP contribution in [-0.2, 0) is 12.8 Å². The lowest BCUT2D eigenvalue weighted by atomic mass is 10.1. The van der Waals surface area contributed by atoms with Gasteiger partial charge < -0.3 is 0 Å². The van der Waals surface area contributed by atoms with Gasteiger partial charge in [0.2, 0.25) is 0 Å². The maximum absolute atomic E-state index is 12.9. The van der Waals surface area contributed by atoms with Gasteiger partial charge in [0.05, 0.1) is 11.3 Å². The molecule has 20 heavy (non-hydrogen) atoms. The lowest BCUT2D eigenvalue weighted by molar-refractivity contribution is 0.626. The molecular weight excluding hydrogens is 273 g/mol. The smallest absolute Gasteiger partial charge is 0.142 e. The molecule has 0 fully saturated rings. The number of rotatable bonds is 4. The Balaban J connectivity index is 2.42. The van der Waals surface area contributed by atoms with Gasteiger partial charge >= 0.3 is 0 Å². The lowest BCUT2D eigenvalue weighted by Crippen LogP contribution is -2.04. The van der Waals surface area contributed by atoms with Gasteiger partial charge in [0.15, 0.2) is 0 Å². The highest BCUT2D eigenvalue weighted by atomic mass is 32.2. The Morgan fingerprint density at radius 1 is 1.15 bits per heavy atom. The van der Waals surface area contributed by atoms with E-state index in [0.29, 0.717) is 10.6 Å². The summed E-state index contributed by atoms with van der Waals surface area (Å²) in [5, 5.41) is 18.3. The Labute approximate surface area is 121 Å². The van der Waals surface area contributed by atoms with E-state index in [1.165, 1.54) is 23.9 Å². The molecule has 0 unspecified atom stereocenters. The van der Waals surface area contributed by atoms with Gasteiger partial charge in [0, 0.05) is 4.90 Å². The number of aromatic nitrogens is 2. The van der Waals surface area contributed by atoms with Crippen LogP contribution >= 0.6 is 11.8 Å². The summed E-state index contributed by atoms with van der Waals surface area (Å²) >= 11 is 1.33. The fraction of sp³-hybridized carbons (Fsp3) is 0.267. The minimum absolute atomic E-state index is 0.281. The maximum Gasteiger partial charge on any atom is 0.142 e. The number of aryl methyl sites for hydroxylation is 1. The topological polar surface area (TPSA) is 49.6 Å². The zero-order valence-corrected chi connectivity index (χ0v) is 12.2. The van der Waals surface area contributed by atoms with Crippen LogP contribution in [-0.4, -0.2) is 10.2 Å². The van der Waals surface area contributed by atoms with Crippen LogP contribution in [0.3, 0.4) is 0 Å². The van der Waals surface area contributed by atoms with Crippen LogP contribution in [0.1, 0.15) is 30.7 Å². The minimum Gasteiger partial charge on any atom is -0.207 e. The molecule has 1 aromatic carbocycles. The summed E-state index contributed by atoms with van der Waals surface area (Å²) < 4.78 is 12.9. The van der Waals surface area contributed by atoms with E-state index < -0.39 is 0 Å². The van der Waals surface area contributed by atoms with Crippen LogP contribution in [0.2, 0.25) is 0 Å². The van der Waals surface area contributed by atoms with Gasteiger partial charge in [-0.3, -0.25) is 0 Å². The van der Waals surface area contributed by atoms with Gasteiger partial charge in [-0.25, -0.2) is 4.39 Å². The highest BCUT2D eigenvalue weighted by Crippen LogP contribution is 2.30. The van der Waals surface area contributed by atoms with Crippen molar-refractivity contribution in [3.8, 4) is 6.07 Å². The molecule has 1 aromatic heterocycles. The molecule has 0 saturated carbocycles. The van der Waals surface area contributed by atoms with Gasteiger partial charge in [-0.2, -0.15) is 10.4 Å². The molecule has 2 aromatic rings. The number of hydrogen-bond donors (Lipinski definition) is 0. The second-order valence-corrected chi connectivity index (χ2v) is 5.24. The number of nitriles is 1. The average Bonchev–Trinajstić information content (AvgIpc) is 2.48. The van der Waals surface area contributed by atoms with E-state index in [9.17, 15) is 9.65 Å². The molecule has 1 heterocycles. The van der Waals surface area contributed by atoms with Gasteiger partial charge in [0.1, 0.15) is 16.9 Å². The third kappa shape index (κ3) is 2.97. The summed E-state index contributed by atoms with van der Waals surface area (Å²) in [6.07, 6.45) is 1.50. The summed E-state index contributed by atoms with van der Waals surface area (Å²) in [4.78, 5) is 0.837. The monoisotopic (exact) mass is 287 g/mol. The molecule has 102 valence electrons. The zero-order valence-electron chi connectivity index (χ0n) is 11.4. The molecule has 0 bridgehead atoms. The van der Waals surface area contributed by atoms with Crippen LogP contribution in [0.15, 0.2) is 34.2 Å². The molecule has 0 spiro atoms. The zero-order chi connectivity index (χ0) is 14.5. The molecule has 0 atom stereocenters. The number of hydrogen-bond acceptors (Lipinski definition) is 4. The van der Waals surface area contributed by atoms with Gasteiger partial charge in [-0.15, -0.1) is 5.10 Å². The van der Waals surface area contributed by atoms with E-state index in [0.717, 1.165) is 29.0 Å². The molecule has 0 saturated heterocycles. The molecule has 3 nitrogen and oxygen atoms in total. The first-order valence-corrected chi connectivity index (χ1v) is 7.23. The second-order valence-electron chi connectivity index (χ2n) is 4.18. The lowest BCUT2D eigenvalue weighted by Gasteiger charge is -2.09. The molecule has 0 radical (unpaired) electrons. The molecule has 0 aliphatic heterocycles. The Morgan fingerprint density at radius 2 is 1.85 bits per heavy atom. The third-order valence-electron chi connectivity index (χ3n) is 2.95. The van der Waals surface area contributed by atoms with Crippen molar-refractivity contribution in [1.29, 1.82) is 5.26 Å². The first kappa shape index (κ1) is 14.5. The Kier molecular flexibility index (Phi) is 4.70. The van der Waals surface area contributed by atoms with E-state index >= 15 is 0 Å². The molecular formula is C15H14FN3S. The second kappa shape index (κ2) is 6.49. The minimum atomic E-state index is -0.281. The average molecular weight is 287 g/mol. The van der Waals surface area contributed by atoms with Crippen molar-refractivity contribution in [3.05, 3.63) is 46.9 Å². The van der Waals surface area contributed by atoms with Crippen molar-refractivity contribution in [1.82, 2.24) is 10.2 Å². The van der Waals surface area contributed by atoms with E-state index in [4.69, 9.17) is 0 Å². The Hall–Kier alpha value is -1.93. The maximum atomic E-state index is 12.9. The van der Waals surface area contributed by atoms with Crippen molar-refractivity contribution in [2.45, 2.75) is 36.6 Å². The van der Waals surface area contributed by atoms with Crippen molar-refractivity contribution >= 4 is 11.8 Å². The molecule has 0 aliphatic carbocycles. The molecule has 0 amide bonds. The molecule has 0 aliphatic rings. The van der Waals surface area contributed by atoms with E-state index in [-0.39, 0.29) is 5.82 Å². The molecule has 2 rings (SSSR count). The summed E-state index contributed by atoms with van der Waals surface area (Å²) in [5.74, 6) is -0.281. The van der Waals surface area contributed by atoms with Gasteiger partial charge in [-0.1, -0.05) is 25.6 Å². The van der Waals surface area contributed by atoms with Crippen molar-refractivity contribution in [3.63, 3.8) is 0 Å². The highest BCUT2D eigenvalue weighted by molar-refractivity contribution is 7.99. The predicted octanol–water partition coefficient (Wildman–Crippen LogP) is 3.76. The fourth-order valence-electron chi connectivity index (χ4n) is 1.96. The van der Waals surface area contributed by atoms with E-state index in [1.807, 2.05) is 13.8 Å². The van der Waals surface area contributed by atoms with Crippen LogP contribution in [0.5, 0.6) is 0 Å². The predicted molar refractivity (Wildman–Crippen MR) is 76.0 cm³/mol. The largest absolute Gasteiger partial charge is 0.207 e. The SMILES string of the molecule is CCc1nnc(Sc2ccc(F)cc2)c(C#N)c1CC. The quantitative estimate of drug-likeness (QED) is 0.859. The van der Waals surface area contributed by atoms with Crippen LogP contribution < -0.4 is 0 Å². The fourth-order valence-corrected chi connectivity index (χ4v) is 2.80. The van der Waals surface area contributed by atoms with Crippen molar-refractivity contribution in [2.75, 3.05) is 0 Å². The summed E-state index contributed by atoms with van der Waals surface area (Å²) in [5.41, 5.74) is 2.40. The highest BCUT2D eigenvalue weighted by Gasteiger charge is 2.15. The van der Waals surface area contributed by atoms with Gasteiger partial charge in [0.25, 0.3) is 0 Å². The van der Waals surface area contributed by atoms with E-state index in [2.05, 4.69) is 16.3 Å². The number of nitrogens with zero attached hydrogens (tertiary/aromatic N) is 3. The molecule has 5 heteroatoms. The third-order valence-corrected chi connectivity index (χ3v) is 3.94. The van der Waals surface area contributed by atoms with Crippen LogP contribution in [0.4, 0.5) is 4.39 Å². The van der Waals surface area contributed by atoms with E-state index in [1.54, 1.807) is 12.1 Å². The number of halogens is 1. The Morgan fingerprint density at radius 3 is 2.40 bits per heavy atom. The normalized spacial score (nSPS) is 10.3. The summed E-state index contributed by atoms with van der Waals surface area (Å²) in [7, 11) is 0. The standard InChI is InChI=1S/C15H14FN3S/c1-3-12-13(9-17)15(19-18-14(12)4-2)20-11-7-5-10(16)6-8-11/h5-8H,3-4H2,1-2H3. The van der Waals surface area contributed by atoms with Gasteiger partial charge in [-0.05, 0) is 42.7 Å². The molecule has 0 N–H and O–H groups in total. The van der Waals surface area contributed by atoms with Crippen molar-refractivity contribution < 1.29 is 4.39 Å². The Bertz CT molecular complexity index is 647.